The molecular formula is C22H29N3O2. The molecule has 2 amide bonds. The molecule has 27 heavy (non-hydrogen) atoms. The van der Waals surface area contributed by atoms with E-state index in [9.17, 15) is 9.59 Å². The number of hydrogen-bond donors (Lipinski definition) is 2. The highest BCUT2D eigenvalue weighted by Gasteiger charge is 2.16. The maximum absolute atomic E-state index is 12.3. The van der Waals surface area contributed by atoms with Crippen LogP contribution in [0.3, 0.4) is 0 Å². The van der Waals surface area contributed by atoms with E-state index < -0.39 is 0 Å². The van der Waals surface area contributed by atoms with Gasteiger partial charge in [0.25, 0.3) is 5.91 Å². The SMILES string of the molecule is CC(CC(=O)NCC(CNC(=O)c1ccccc1)N(C)C)c1ccccc1. The normalized spacial score (nSPS) is 13.0. The van der Waals surface area contributed by atoms with E-state index in [1.165, 1.54) is 0 Å². The van der Waals surface area contributed by atoms with Crippen LogP contribution in [0.4, 0.5) is 0 Å². The summed E-state index contributed by atoms with van der Waals surface area (Å²) in [5, 5.41) is 5.94. The average Bonchev–Trinajstić information content (AvgIpc) is 2.68. The summed E-state index contributed by atoms with van der Waals surface area (Å²) in [6.07, 6.45) is 0.445. The van der Waals surface area contributed by atoms with Crippen LogP contribution in [0.15, 0.2) is 60.7 Å². The van der Waals surface area contributed by atoms with Gasteiger partial charge in [-0.1, -0.05) is 55.5 Å². The Morgan fingerprint density at radius 3 is 2.04 bits per heavy atom. The number of carbonyl (C=O) groups excluding carboxylic acids is 2. The Morgan fingerprint density at radius 2 is 1.44 bits per heavy atom. The largest absolute Gasteiger partial charge is 0.354 e. The Balaban J connectivity index is 1.80. The molecule has 0 bridgehead atoms. The fourth-order valence-corrected chi connectivity index (χ4v) is 2.82. The van der Waals surface area contributed by atoms with E-state index in [0.29, 0.717) is 25.1 Å². The zero-order valence-corrected chi connectivity index (χ0v) is 16.3. The minimum Gasteiger partial charge on any atom is -0.354 e. The van der Waals surface area contributed by atoms with Gasteiger partial charge in [0.15, 0.2) is 0 Å². The molecule has 144 valence electrons. The Morgan fingerprint density at radius 1 is 0.889 bits per heavy atom. The van der Waals surface area contributed by atoms with Crippen LogP contribution in [0.25, 0.3) is 0 Å². The molecular weight excluding hydrogens is 338 g/mol. The van der Waals surface area contributed by atoms with E-state index in [2.05, 4.69) is 17.6 Å². The highest BCUT2D eigenvalue weighted by molar-refractivity contribution is 5.94. The third-order valence-corrected chi connectivity index (χ3v) is 4.66. The van der Waals surface area contributed by atoms with Crippen LogP contribution in [0.5, 0.6) is 0 Å². The Kier molecular flexibility index (Phi) is 8.01. The highest BCUT2D eigenvalue weighted by atomic mass is 16.2. The van der Waals surface area contributed by atoms with Crippen molar-refractivity contribution in [3.8, 4) is 0 Å². The maximum atomic E-state index is 12.3. The zero-order valence-electron chi connectivity index (χ0n) is 16.3. The summed E-state index contributed by atoms with van der Waals surface area (Å²) in [4.78, 5) is 26.5. The number of nitrogens with zero attached hydrogens (tertiary/aromatic N) is 1. The standard InChI is InChI=1S/C22H29N3O2/c1-17(18-10-6-4-7-11-18)14-21(26)23-15-20(25(2)3)16-24-22(27)19-12-8-5-9-13-19/h4-13,17,20H,14-16H2,1-3H3,(H,23,26)(H,24,27). The van der Waals surface area contributed by atoms with Crippen LogP contribution in [0.2, 0.25) is 0 Å². The lowest BCUT2D eigenvalue weighted by Gasteiger charge is -2.25. The topological polar surface area (TPSA) is 61.4 Å². The average molecular weight is 367 g/mol. The molecule has 5 heteroatoms. The molecule has 0 aliphatic rings. The Hall–Kier alpha value is -2.66. The van der Waals surface area contributed by atoms with Gasteiger partial charge in [0.1, 0.15) is 0 Å². The molecule has 2 aromatic carbocycles. The predicted octanol–water partition coefficient (Wildman–Crippen LogP) is 2.66. The van der Waals surface area contributed by atoms with E-state index >= 15 is 0 Å². The van der Waals surface area contributed by atoms with Crippen LogP contribution in [-0.4, -0.2) is 49.9 Å². The monoisotopic (exact) mass is 367 g/mol. The second-order valence-electron chi connectivity index (χ2n) is 7.01. The molecule has 0 aliphatic heterocycles. The van der Waals surface area contributed by atoms with Gasteiger partial charge in [-0.2, -0.15) is 0 Å². The molecule has 2 aromatic rings. The molecule has 0 fully saturated rings. The zero-order chi connectivity index (χ0) is 19.6. The minimum absolute atomic E-state index is 0.0209. The summed E-state index contributed by atoms with van der Waals surface area (Å²) in [6, 6.07) is 19.2. The molecule has 5 nitrogen and oxygen atoms in total. The van der Waals surface area contributed by atoms with Crippen LogP contribution >= 0.6 is 0 Å². The number of hydrogen-bond acceptors (Lipinski definition) is 3. The molecule has 2 rings (SSSR count). The molecule has 2 atom stereocenters. The summed E-state index contributed by atoms with van der Waals surface area (Å²) < 4.78 is 0. The van der Waals surface area contributed by atoms with Crippen molar-refractivity contribution in [2.75, 3.05) is 27.2 Å². The van der Waals surface area contributed by atoms with Gasteiger partial charge in [0.2, 0.25) is 5.91 Å². The van der Waals surface area contributed by atoms with Crippen molar-refractivity contribution in [1.29, 1.82) is 0 Å². The van der Waals surface area contributed by atoms with Crippen molar-refractivity contribution >= 4 is 11.8 Å². The smallest absolute Gasteiger partial charge is 0.251 e. The molecule has 0 saturated heterocycles. The molecule has 0 aromatic heterocycles. The number of likely N-dealkylation sites (N-methyl/N-ethyl adjacent to an activating group) is 1. The molecule has 2 N–H and O–H groups in total. The molecule has 2 unspecified atom stereocenters. The van der Waals surface area contributed by atoms with Gasteiger partial charge in [0.05, 0.1) is 0 Å². The van der Waals surface area contributed by atoms with Gasteiger partial charge in [-0.3, -0.25) is 9.59 Å². The lowest BCUT2D eigenvalue weighted by Crippen LogP contribution is -2.47. The Labute approximate surface area is 161 Å². The molecule has 0 heterocycles. The minimum atomic E-state index is -0.105. The first-order valence-corrected chi connectivity index (χ1v) is 9.28. The Bertz CT molecular complexity index is 717. The molecule has 0 saturated carbocycles. The number of rotatable bonds is 9. The summed E-state index contributed by atoms with van der Waals surface area (Å²) >= 11 is 0. The molecule has 0 aliphatic carbocycles. The van der Waals surface area contributed by atoms with Crippen LogP contribution in [-0.2, 0) is 4.79 Å². The fraction of sp³-hybridized carbons (Fsp3) is 0.364. The van der Waals surface area contributed by atoms with Crippen LogP contribution < -0.4 is 10.6 Å². The van der Waals surface area contributed by atoms with Crippen molar-refractivity contribution < 1.29 is 9.59 Å². The third-order valence-electron chi connectivity index (χ3n) is 4.66. The lowest BCUT2D eigenvalue weighted by molar-refractivity contribution is -0.121. The van der Waals surface area contributed by atoms with Gasteiger partial charge in [-0.05, 0) is 37.7 Å². The third kappa shape index (κ3) is 6.87. The number of amides is 2. The number of benzene rings is 2. The summed E-state index contributed by atoms with van der Waals surface area (Å²) in [6.45, 7) is 3.01. The van der Waals surface area contributed by atoms with Gasteiger partial charge < -0.3 is 15.5 Å². The van der Waals surface area contributed by atoms with E-state index in [1.54, 1.807) is 12.1 Å². The lowest BCUT2D eigenvalue weighted by atomic mass is 9.97. The fourth-order valence-electron chi connectivity index (χ4n) is 2.82. The van der Waals surface area contributed by atoms with Gasteiger partial charge in [-0.15, -0.1) is 0 Å². The van der Waals surface area contributed by atoms with Crippen molar-refractivity contribution in [3.63, 3.8) is 0 Å². The first kappa shape index (κ1) is 20.6. The van der Waals surface area contributed by atoms with E-state index in [-0.39, 0.29) is 23.8 Å². The second-order valence-corrected chi connectivity index (χ2v) is 7.01. The molecule has 0 spiro atoms. The molecule has 0 radical (unpaired) electrons. The summed E-state index contributed by atoms with van der Waals surface area (Å²) in [5.74, 6) is 0.0841. The number of carbonyl (C=O) groups is 2. The highest BCUT2D eigenvalue weighted by Crippen LogP contribution is 2.17. The van der Waals surface area contributed by atoms with Crippen molar-refractivity contribution in [3.05, 3.63) is 71.8 Å². The number of nitrogens with one attached hydrogen (secondary N) is 2. The summed E-state index contributed by atoms with van der Waals surface area (Å²) in [5.41, 5.74) is 1.79. The second kappa shape index (κ2) is 10.5. The van der Waals surface area contributed by atoms with Crippen molar-refractivity contribution in [2.24, 2.45) is 0 Å². The van der Waals surface area contributed by atoms with Gasteiger partial charge in [0, 0.05) is 31.1 Å². The van der Waals surface area contributed by atoms with Gasteiger partial charge >= 0.3 is 0 Å². The van der Waals surface area contributed by atoms with E-state index in [1.807, 2.05) is 67.5 Å². The maximum Gasteiger partial charge on any atom is 0.251 e. The summed E-state index contributed by atoms with van der Waals surface area (Å²) in [7, 11) is 3.89. The van der Waals surface area contributed by atoms with E-state index in [4.69, 9.17) is 0 Å². The first-order valence-electron chi connectivity index (χ1n) is 9.28. The van der Waals surface area contributed by atoms with Crippen LogP contribution in [0.1, 0.15) is 35.2 Å². The first-order chi connectivity index (χ1) is 13.0. The van der Waals surface area contributed by atoms with Gasteiger partial charge in [-0.25, -0.2) is 0 Å². The van der Waals surface area contributed by atoms with Crippen molar-refractivity contribution in [1.82, 2.24) is 15.5 Å². The van der Waals surface area contributed by atoms with Crippen LogP contribution in [0, 0.1) is 0 Å². The van der Waals surface area contributed by atoms with E-state index in [0.717, 1.165) is 5.56 Å². The van der Waals surface area contributed by atoms with Crippen molar-refractivity contribution in [2.45, 2.75) is 25.3 Å². The quantitative estimate of drug-likeness (QED) is 0.716. The predicted molar refractivity (Wildman–Crippen MR) is 109 cm³/mol.